The van der Waals surface area contributed by atoms with Gasteiger partial charge in [-0.2, -0.15) is 0 Å². The number of thiocarbonyl (C=S) groups is 1. The number of hydrogen-bond donors (Lipinski definition) is 3. The monoisotopic (exact) mass is 386 g/mol. The third kappa shape index (κ3) is 5.66. The smallest absolute Gasteiger partial charge is 0.171 e. The molecule has 1 atom stereocenters. The van der Waals surface area contributed by atoms with Crippen molar-refractivity contribution in [3.8, 4) is 5.75 Å². The largest absolute Gasteiger partial charge is 0.497 e. The number of morpholine rings is 1. The second kappa shape index (κ2) is 9.69. The van der Waals surface area contributed by atoms with Crippen LogP contribution in [0.3, 0.4) is 0 Å². The molecule has 1 heterocycles. The van der Waals surface area contributed by atoms with Gasteiger partial charge >= 0.3 is 0 Å². The molecular formula is C21H28N3O2S+. The van der Waals surface area contributed by atoms with Gasteiger partial charge in [0.1, 0.15) is 24.9 Å². The van der Waals surface area contributed by atoms with Crippen molar-refractivity contribution in [2.75, 3.05) is 45.3 Å². The van der Waals surface area contributed by atoms with Crippen LogP contribution in [-0.2, 0) is 4.74 Å². The van der Waals surface area contributed by atoms with Crippen LogP contribution in [0.4, 0.5) is 5.69 Å². The highest BCUT2D eigenvalue weighted by Gasteiger charge is 2.26. The maximum atomic E-state index is 5.54. The van der Waals surface area contributed by atoms with Crippen molar-refractivity contribution in [1.82, 2.24) is 5.32 Å². The Hall–Kier alpha value is -2.15. The van der Waals surface area contributed by atoms with E-state index in [9.17, 15) is 0 Å². The van der Waals surface area contributed by atoms with Gasteiger partial charge in [0.15, 0.2) is 5.11 Å². The predicted octanol–water partition coefficient (Wildman–Crippen LogP) is 1.95. The Morgan fingerprint density at radius 1 is 1.19 bits per heavy atom. The van der Waals surface area contributed by atoms with Gasteiger partial charge in [-0.15, -0.1) is 0 Å². The second-order valence-corrected chi connectivity index (χ2v) is 7.21. The van der Waals surface area contributed by atoms with E-state index in [-0.39, 0.29) is 0 Å². The Morgan fingerprint density at radius 3 is 2.59 bits per heavy atom. The van der Waals surface area contributed by atoms with Crippen LogP contribution >= 0.6 is 12.2 Å². The van der Waals surface area contributed by atoms with Crippen molar-refractivity contribution in [3.63, 3.8) is 0 Å². The number of ether oxygens (including phenoxy) is 2. The molecule has 1 aliphatic heterocycles. The van der Waals surface area contributed by atoms with E-state index >= 15 is 0 Å². The zero-order chi connectivity index (χ0) is 19.1. The fourth-order valence-electron chi connectivity index (χ4n) is 3.41. The van der Waals surface area contributed by atoms with Gasteiger partial charge in [0.25, 0.3) is 0 Å². The van der Waals surface area contributed by atoms with Gasteiger partial charge in [0.2, 0.25) is 0 Å². The highest BCUT2D eigenvalue weighted by molar-refractivity contribution is 7.80. The Balaban J connectivity index is 1.65. The minimum absolute atomic E-state index is 0.303. The van der Waals surface area contributed by atoms with E-state index in [1.165, 1.54) is 16.0 Å². The molecule has 0 amide bonds. The first-order valence-electron chi connectivity index (χ1n) is 9.33. The Labute approximate surface area is 166 Å². The molecule has 2 aromatic carbocycles. The average Bonchev–Trinajstić information content (AvgIpc) is 2.69. The summed E-state index contributed by atoms with van der Waals surface area (Å²) in [4.78, 5) is 1.51. The molecule has 0 saturated carbocycles. The highest BCUT2D eigenvalue weighted by atomic mass is 32.1. The molecule has 27 heavy (non-hydrogen) atoms. The van der Waals surface area contributed by atoms with E-state index in [4.69, 9.17) is 21.7 Å². The zero-order valence-electron chi connectivity index (χ0n) is 16.0. The lowest BCUT2D eigenvalue weighted by molar-refractivity contribution is -0.937. The fraction of sp³-hybridized carbons (Fsp3) is 0.381. The summed E-state index contributed by atoms with van der Waals surface area (Å²) in [5.41, 5.74) is 3.49. The van der Waals surface area contributed by atoms with Crippen molar-refractivity contribution in [2.45, 2.75) is 13.0 Å². The van der Waals surface area contributed by atoms with Gasteiger partial charge in [0.05, 0.1) is 26.9 Å². The Morgan fingerprint density at radius 2 is 1.93 bits per heavy atom. The first-order valence-corrected chi connectivity index (χ1v) is 9.74. The summed E-state index contributed by atoms with van der Waals surface area (Å²) in [6.07, 6.45) is 0. The first kappa shape index (κ1) is 19.6. The minimum Gasteiger partial charge on any atom is -0.497 e. The molecule has 0 bridgehead atoms. The van der Waals surface area contributed by atoms with Crippen LogP contribution in [0.5, 0.6) is 5.75 Å². The SMILES string of the molecule is COc1ccc([C@@H](CNC(=S)Nc2cccc(C)c2)[NH+]2CCOCC2)cc1. The van der Waals surface area contributed by atoms with Crippen LogP contribution in [0.2, 0.25) is 0 Å². The molecule has 2 aromatic rings. The van der Waals surface area contributed by atoms with Crippen LogP contribution in [0, 0.1) is 6.92 Å². The lowest BCUT2D eigenvalue weighted by Crippen LogP contribution is -3.15. The summed E-state index contributed by atoms with van der Waals surface area (Å²) >= 11 is 5.51. The van der Waals surface area contributed by atoms with Gasteiger partial charge in [-0.05, 0) is 61.1 Å². The van der Waals surface area contributed by atoms with Gasteiger partial charge in [0, 0.05) is 11.3 Å². The molecule has 0 radical (unpaired) electrons. The van der Waals surface area contributed by atoms with E-state index in [2.05, 4.69) is 41.8 Å². The normalized spacial score (nSPS) is 15.8. The van der Waals surface area contributed by atoms with Gasteiger partial charge in [-0.3, -0.25) is 0 Å². The van der Waals surface area contributed by atoms with Crippen molar-refractivity contribution in [3.05, 3.63) is 59.7 Å². The van der Waals surface area contributed by atoms with Crippen molar-refractivity contribution < 1.29 is 14.4 Å². The Kier molecular flexibility index (Phi) is 7.04. The van der Waals surface area contributed by atoms with Gasteiger partial charge in [-0.1, -0.05) is 12.1 Å². The van der Waals surface area contributed by atoms with Crippen LogP contribution in [-0.4, -0.2) is 45.1 Å². The lowest BCUT2D eigenvalue weighted by atomic mass is 10.0. The lowest BCUT2D eigenvalue weighted by Gasteiger charge is -2.32. The predicted molar refractivity (Wildman–Crippen MR) is 113 cm³/mol. The summed E-state index contributed by atoms with van der Waals surface area (Å²) in [6, 6.07) is 16.8. The Bertz CT molecular complexity index is 745. The molecule has 0 spiro atoms. The third-order valence-corrected chi connectivity index (χ3v) is 5.14. The molecule has 0 aliphatic carbocycles. The van der Waals surface area contributed by atoms with Gasteiger partial charge in [-0.25, -0.2) is 0 Å². The van der Waals surface area contributed by atoms with E-state index in [1.807, 2.05) is 24.3 Å². The third-order valence-electron chi connectivity index (χ3n) is 4.89. The fourth-order valence-corrected chi connectivity index (χ4v) is 3.61. The quantitative estimate of drug-likeness (QED) is 0.663. The van der Waals surface area contributed by atoms with Crippen LogP contribution in [0.25, 0.3) is 0 Å². The summed E-state index contributed by atoms with van der Waals surface area (Å²) < 4.78 is 10.8. The summed E-state index contributed by atoms with van der Waals surface area (Å²) in [5, 5.41) is 7.32. The molecular weight excluding hydrogens is 358 g/mol. The molecule has 0 aromatic heterocycles. The van der Waals surface area contributed by atoms with Crippen molar-refractivity contribution in [1.29, 1.82) is 0 Å². The van der Waals surface area contributed by atoms with E-state index < -0.39 is 0 Å². The number of benzene rings is 2. The van der Waals surface area contributed by atoms with Gasteiger partial charge < -0.3 is 25.0 Å². The van der Waals surface area contributed by atoms with Crippen molar-refractivity contribution in [2.24, 2.45) is 0 Å². The number of methoxy groups -OCH3 is 1. The number of anilines is 1. The molecule has 1 fully saturated rings. The minimum atomic E-state index is 0.303. The number of quaternary nitrogens is 1. The standard InChI is InChI=1S/C21H27N3O2S/c1-16-4-3-5-18(14-16)23-21(27)22-15-20(24-10-12-26-13-11-24)17-6-8-19(25-2)9-7-17/h3-9,14,20H,10-13,15H2,1-2H3,(H2,22,23,27)/p+1/t20-/m1/s1. The number of nitrogens with one attached hydrogen (secondary N) is 3. The molecule has 1 saturated heterocycles. The molecule has 144 valence electrons. The van der Waals surface area contributed by atoms with Crippen molar-refractivity contribution >= 4 is 23.0 Å². The maximum absolute atomic E-state index is 5.54. The second-order valence-electron chi connectivity index (χ2n) is 6.80. The number of hydrogen-bond acceptors (Lipinski definition) is 3. The van der Waals surface area contributed by atoms with E-state index in [0.29, 0.717) is 11.2 Å². The zero-order valence-corrected chi connectivity index (χ0v) is 16.8. The average molecular weight is 387 g/mol. The molecule has 6 heteroatoms. The highest BCUT2D eigenvalue weighted by Crippen LogP contribution is 2.16. The molecule has 1 aliphatic rings. The van der Waals surface area contributed by atoms with E-state index in [1.54, 1.807) is 7.11 Å². The summed E-state index contributed by atoms with van der Waals surface area (Å²) in [5.74, 6) is 0.874. The van der Waals surface area contributed by atoms with Crippen LogP contribution < -0.4 is 20.3 Å². The summed E-state index contributed by atoms with van der Waals surface area (Å²) in [7, 11) is 1.69. The molecule has 3 rings (SSSR count). The molecule has 3 N–H and O–H groups in total. The number of rotatable bonds is 6. The first-order chi connectivity index (χ1) is 13.2. The van der Waals surface area contributed by atoms with Crippen LogP contribution in [0.15, 0.2) is 48.5 Å². The number of aryl methyl sites for hydroxylation is 1. The molecule has 0 unspecified atom stereocenters. The van der Waals surface area contributed by atoms with Crippen LogP contribution in [0.1, 0.15) is 17.2 Å². The summed E-state index contributed by atoms with van der Waals surface area (Å²) in [6.45, 7) is 6.43. The molecule has 5 nitrogen and oxygen atoms in total. The topological polar surface area (TPSA) is 47.0 Å². The maximum Gasteiger partial charge on any atom is 0.171 e. The van der Waals surface area contributed by atoms with E-state index in [0.717, 1.165) is 44.3 Å².